The van der Waals surface area contributed by atoms with Gasteiger partial charge in [-0.15, -0.1) is 0 Å². The highest BCUT2D eigenvalue weighted by atomic mass is 19.1. The molecular formula is C15H21FN2O. The SMILES string of the molecule is CCN(C(=O)c1ccc(F)c(C)c1)C1CCNCC1. The van der Waals surface area contributed by atoms with E-state index in [0.29, 0.717) is 23.7 Å². The van der Waals surface area contributed by atoms with Gasteiger partial charge in [-0.3, -0.25) is 4.79 Å². The Morgan fingerprint density at radius 3 is 2.68 bits per heavy atom. The highest BCUT2D eigenvalue weighted by Gasteiger charge is 2.25. The van der Waals surface area contributed by atoms with Crippen molar-refractivity contribution in [2.75, 3.05) is 19.6 Å². The molecule has 0 atom stereocenters. The quantitative estimate of drug-likeness (QED) is 0.909. The van der Waals surface area contributed by atoms with Gasteiger partial charge < -0.3 is 10.2 Å². The molecule has 1 heterocycles. The van der Waals surface area contributed by atoms with Crippen LogP contribution in [0.4, 0.5) is 4.39 Å². The van der Waals surface area contributed by atoms with Gasteiger partial charge in [-0.1, -0.05) is 0 Å². The van der Waals surface area contributed by atoms with Gasteiger partial charge in [-0.25, -0.2) is 4.39 Å². The van der Waals surface area contributed by atoms with Crippen LogP contribution in [0.5, 0.6) is 0 Å². The Morgan fingerprint density at radius 2 is 2.11 bits per heavy atom. The first-order valence-electron chi connectivity index (χ1n) is 6.91. The summed E-state index contributed by atoms with van der Waals surface area (Å²) in [5.74, 6) is -0.251. The molecule has 0 aromatic heterocycles. The molecular weight excluding hydrogens is 243 g/mol. The van der Waals surface area contributed by atoms with Crippen LogP contribution in [0, 0.1) is 12.7 Å². The molecule has 104 valence electrons. The van der Waals surface area contributed by atoms with Gasteiger partial charge in [0.25, 0.3) is 5.91 Å². The van der Waals surface area contributed by atoms with E-state index in [-0.39, 0.29) is 11.7 Å². The molecule has 0 saturated carbocycles. The molecule has 1 fully saturated rings. The van der Waals surface area contributed by atoms with Gasteiger partial charge in [-0.2, -0.15) is 0 Å². The van der Waals surface area contributed by atoms with Gasteiger partial charge in [0.2, 0.25) is 0 Å². The number of benzene rings is 1. The molecule has 1 aromatic rings. The summed E-state index contributed by atoms with van der Waals surface area (Å²) >= 11 is 0. The van der Waals surface area contributed by atoms with Crippen molar-refractivity contribution in [3.63, 3.8) is 0 Å². The third-order valence-electron chi connectivity index (χ3n) is 3.76. The molecule has 4 heteroatoms. The molecule has 1 aromatic carbocycles. The van der Waals surface area contributed by atoms with Crippen molar-refractivity contribution in [2.45, 2.75) is 32.7 Å². The summed E-state index contributed by atoms with van der Waals surface area (Å²) in [5, 5.41) is 3.30. The highest BCUT2D eigenvalue weighted by Crippen LogP contribution is 2.17. The van der Waals surface area contributed by atoms with Crippen LogP contribution in [0.3, 0.4) is 0 Å². The monoisotopic (exact) mass is 264 g/mol. The molecule has 1 aliphatic rings. The molecule has 0 spiro atoms. The van der Waals surface area contributed by atoms with Crippen molar-refractivity contribution in [1.29, 1.82) is 0 Å². The van der Waals surface area contributed by atoms with E-state index < -0.39 is 0 Å². The molecule has 0 aliphatic carbocycles. The minimum atomic E-state index is -0.263. The summed E-state index contributed by atoms with van der Waals surface area (Å²) in [4.78, 5) is 14.4. The second-order valence-corrected chi connectivity index (χ2v) is 5.04. The van der Waals surface area contributed by atoms with Crippen LogP contribution < -0.4 is 5.32 Å². The molecule has 1 amide bonds. The topological polar surface area (TPSA) is 32.3 Å². The van der Waals surface area contributed by atoms with Gasteiger partial charge in [0.1, 0.15) is 5.82 Å². The Hall–Kier alpha value is -1.42. The van der Waals surface area contributed by atoms with Crippen molar-refractivity contribution in [3.8, 4) is 0 Å². The number of halogens is 1. The Bertz CT molecular complexity index is 455. The maximum absolute atomic E-state index is 13.3. The smallest absolute Gasteiger partial charge is 0.254 e. The average molecular weight is 264 g/mol. The zero-order valence-corrected chi connectivity index (χ0v) is 11.6. The number of piperidine rings is 1. The zero-order valence-electron chi connectivity index (χ0n) is 11.6. The van der Waals surface area contributed by atoms with E-state index in [1.54, 1.807) is 19.1 Å². The second kappa shape index (κ2) is 6.15. The lowest BCUT2D eigenvalue weighted by Gasteiger charge is -2.34. The molecule has 0 bridgehead atoms. The number of carbonyl (C=O) groups is 1. The summed E-state index contributed by atoms with van der Waals surface area (Å²) in [5.41, 5.74) is 1.10. The van der Waals surface area contributed by atoms with Crippen molar-refractivity contribution in [3.05, 3.63) is 35.1 Å². The fourth-order valence-corrected chi connectivity index (χ4v) is 2.63. The minimum Gasteiger partial charge on any atom is -0.336 e. The van der Waals surface area contributed by atoms with E-state index in [4.69, 9.17) is 0 Å². The third-order valence-corrected chi connectivity index (χ3v) is 3.76. The lowest BCUT2D eigenvalue weighted by molar-refractivity contribution is 0.0656. The van der Waals surface area contributed by atoms with Crippen molar-refractivity contribution < 1.29 is 9.18 Å². The molecule has 1 aliphatic heterocycles. The Morgan fingerprint density at radius 1 is 1.42 bits per heavy atom. The molecule has 3 nitrogen and oxygen atoms in total. The summed E-state index contributed by atoms with van der Waals surface area (Å²) in [7, 11) is 0. The van der Waals surface area contributed by atoms with Gasteiger partial charge in [0.05, 0.1) is 0 Å². The van der Waals surface area contributed by atoms with Crippen molar-refractivity contribution in [2.24, 2.45) is 0 Å². The van der Waals surface area contributed by atoms with E-state index in [1.165, 1.54) is 6.07 Å². The van der Waals surface area contributed by atoms with Crippen LogP contribution >= 0.6 is 0 Å². The predicted molar refractivity (Wildman–Crippen MR) is 73.7 cm³/mol. The predicted octanol–water partition coefficient (Wildman–Crippen LogP) is 2.35. The second-order valence-electron chi connectivity index (χ2n) is 5.04. The fraction of sp³-hybridized carbons (Fsp3) is 0.533. The lowest BCUT2D eigenvalue weighted by Crippen LogP contribution is -2.46. The van der Waals surface area contributed by atoms with E-state index in [0.717, 1.165) is 25.9 Å². The molecule has 2 rings (SSSR count). The Labute approximate surface area is 113 Å². The number of amides is 1. The molecule has 0 unspecified atom stereocenters. The number of carbonyl (C=O) groups excluding carboxylic acids is 1. The Balaban J connectivity index is 2.17. The van der Waals surface area contributed by atoms with Crippen LogP contribution in [0.1, 0.15) is 35.7 Å². The van der Waals surface area contributed by atoms with Gasteiger partial charge >= 0.3 is 0 Å². The molecule has 0 radical (unpaired) electrons. The number of nitrogens with one attached hydrogen (secondary N) is 1. The minimum absolute atomic E-state index is 0.0116. The van der Waals surface area contributed by atoms with Gasteiger partial charge in [-0.05, 0) is 63.5 Å². The third kappa shape index (κ3) is 3.13. The van der Waals surface area contributed by atoms with E-state index >= 15 is 0 Å². The van der Waals surface area contributed by atoms with Gasteiger partial charge in [0.15, 0.2) is 0 Å². The number of hydrogen-bond donors (Lipinski definition) is 1. The number of rotatable bonds is 3. The maximum atomic E-state index is 13.3. The largest absolute Gasteiger partial charge is 0.336 e. The summed E-state index contributed by atoms with van der Waals surface area (Å²) in [6.45, 7) is 6.29. The first kappa shape index (κ1) is 14.0. The summed E-state index contributed by atoms with van der Waals surface area (Å²) < 4.78 is 13.3. The maximum Gasteiger partial charge on any atom is 0.254 e. The van der Waals surface area contributed by atoms with E-state index in [2.05, 4.69) is 5.32 Å². The average Bonchev–Trinajstić information content (AvgIpc) is 2.44. The molecule has 19 heavy (non-hydrogen) atoms. The first-order chi connectivity index (χ1) is 9.13. The van der Waals surface area contributed by atoms with Crippen LogP contribution in [-0.4, -0.2) is 36.5 Å². The number of hydrogen-bond acceptors (Lipinski definition) is 2. The summed E-state index contributed by atoms with van der Waals surface area (Å²) in [6.07, 6.45) is 1.97. The first-order valence-corrected chi connectivity index (χ1v) is 6.91. The molecule has 1 N–H and O–H groups in total. The van der Waals surface area contributed by atoms with Crippen molar-refractivity contribution >= 4 is 5.91 Å². The van der Waals surface area contributed by atoms with Gasteiger partial charge in [0, 0.05) is 18.2 Å². The zero-order chi connectivity index (χ0) is 13.8. The standard InChI is InChI=1S/C15H21FN2O/c1-3-18(13-6-8-17-9-7-13)15(19)12-4-5-14(16)11(2)10-12/h4-5,10,13,17H,3,6-9H2,1-2H3. The van der Waals surface area contributed by atoms with E-state index in [9.17, 15) is 9.18 Å². The van der Waals surface area contributed by atoms with Crippen LogP contribution in [0.25, 0.3) is 0 Å². The Kier molecular flexibility index (Phi) is 4.53. The summed E-state index contributed by atoms with van der Waals surface area (Å²) in [6, 6.07) is 4.89. The van der Waals surface area contributed by atoms with Crippen LogP contribution in [0.15, 0.2) is 18.2 Å². The van der Waals surface area contributed by atoms with E-state index in [1.807, 2.05) is 11.8 Å². The van der Waals surface area contributed by atoms with Crippen LogP contribution in [0.2, 0.25) is 0 Å². The number of aryl methyl sites for hydroxylation is 1. The normalized spacial score (nSPS) is 16.4. The fourth-order valence-electron chi connectivity index (χ4n) is 2.63. The lowest BCUT2D eigenvalue weighted by atomic mass is 10.0. The molecule has 1 saturated heterocycles. The number of nitrogens with zero attached hydrogens (tertiary/aromatic N) is 1. The van der Waals surface area contributed by atoms with Crippen LogP contribution in [-0.2, 0) is 0 Å². The highest BCUT2D eigenvalue weighted by molar-refractivity contribution is 5.94. The van der Waals surface area contributed by atoms with Crippen molar-refractivity contribution in [1.82, 2.24) is 10.2 Å².